The van der Waals surface area contributed by atoms with Gasteiger partial charge in [-0.1, -0.05) is 41.7 Å². The minimum atomic E-state index is -4.79. The van der Waals surface area contributed by atoms with E-state index in [4.69, 9.17) is 9.47 Å². The Kier molecular flexibility index (Phi) is 8.86. The minimum Gasteiger partial charge on any atom is -0.490 e. The number of H-pyrrole nitrogens is 1. The predicted molar refractivity (Wildman–Crippen MR) is 186 cm³/mol. The highest BCUT2D eigenvalue weighted by Gasteiger charge is 2.70. The van der Waals surface area contributed by atoms with Crippen molar-refractivity contribution >= 4 is 52.2 Å². The smallest absolute Gasteiger partial charge is 0.418 e. The third kappa shape index (κ3) is 5.95. The number of benzene rings is 3. The van der Waals surface area contributed by atoms with Gasteiger partial charge in [0.05, 0.1) is 46.0 Å². The molecular weight excluding hydrogens is 761 g/mol. The lowest BCUT2D eigenvalue weighted by Gasteiger charge is -2.43. The van der Waals surface area contributed by atoms with E-state index in [1.165, 1.54) is 36.0 Å². The van der Waals surface area contributed by atoms with Crippen LogP contribution in [0.2, 0.25) is 0 Å². The van der Waals surface area contributed by atoms with Crippen molar-refractivity contribution in [3.63, 3.8) is 0 Å². The van der Waals surface area contributed by atoms with E-state index in [2.05, 4.69) is 10.3 Å². The highest BCUT2D eigenvalue weighted by atomic mass is 32.2. The number of nitrogens with zero attached hydrogens (tertiary/aromatic N) is 1. The van der Waals surface area contributed by atoms with E-state index in [9.17, 15) is 45.5 Å². The fourth-order valence-electron chi connectivity index (χ4n) is 8.81. The molecule has 3 amide bonds. The lowest BCUT2D eigenvalue weighted by molar-refractivity contribution is -0.138. The van der Waals surface area contributed by atoms with Gasteiger partial charge < -0.3 is 19.8 Å². The Morgan fingerprint density at radius 3 is 2.24 bits per heavy atom. The fraction of sp³-hybridized carbons (Fsp3) is 0.351. The molecule has 2 bridgehead atoms. The van der Waals surface area contributed by atoms with Crippen LogP contribution >= 0.6 is 23.1 Å². The van der Waals surface area contributed by atoms with Gasteiger partial charge >= 0.3 is 17.2 Å². The quantitative estimate of drug-likeness (QED) is 0.140. The SMILES string of the molecule is CCOc1cc([C@@H]2c3sc(=O)[nH]c3S[C@@H]3[C@@H]4C[C@@H]([C@@H]5C(=O)N(c6ccccc6C(F)(F)F)C(=O)[C@@H]45)[C@H]23)ccc1OCC(=O)Nc1ccccc1C(F)(F)F. The van der Waals surface area contributed by atoms with E-state index < -0.39 is 76.9 Å². The third-order valence-electron chi connectivity index (χ3n) is 10.7. The van der Waals surface area contributed by atoms with Crippen LogP contribution in [0.25, 0.3) is 0 Å². The summed E-state index contributed by atoms with van der Waals surface area (Å²) in [6, 6.07) is 14.1. The predicted octanol–water partition coefficient (Wildman–Crippen LogP) is 7.57. The van der Waals surface area contributed by atoms with Crippen LogP contribution in [0.5, 0.6) is 11.5 Å². The van der Waals surface area contributed by atoms with Crippen molar-refractivity contribution in [1.82, 2.24) is 4.98 Å². The molecule has 2 aliphatic heterocycles. The molecule has 1 aromatic heterocycles. The van der Waals surface area contributed by atoms with Crippen LogP contribution in [0.3, 0.4) is 0 Å². The number of alkyl halides is 6. The summed E-state index contributed by atoms with van der Waals surface area (Å²) in [5.74, 6) is -4.95. The Labute approximate surface area is 311 Å². The number of amides is 3. The van der Waals surface area contributed by atoms with Gasteiger partial charge in [-0.05, 0) is 73.1 Å². The molecule has 3 fully saturated rings. The molecule has 17 heteroatoms. The molecule has 3 heterocycles. The first-order chi connectivity index (χ1) is 25.7. The number of imide groups is 1. The average Bonchev–Trinajstić information content (AvgIpc) is 3.86. The summed E-state index contributed by atoms with van der Waals surface area (Å²) in [4.78, 5) is 57.5. The maximum Gasteiger partial charge on any atom is 0.418 e. The van der Waals surface area contributed by atoms with Gasteiger partial charge in [-0.2, -0.15) is 26.3 Å². The van der Waals surface area contributed by atoms with Crippen LogP contribution in [0.4, 0.5) is 37.7 Å². The summed E-state index contributed by atoms with van der Waals surface area (Å²) < 4.78 is 94.1. The van der Waals surface area contributed by atoms with Gasteiger partial charge in [0.25, 0.3) is 5.91 Å². The second-order valence-electron chi connectivity index (χ2n) is 13.5. The lowest BCUT2D eigenvalue weighted by atomic mass is 9.68. The van der Waals surface area contributed by atoms with Crippen LogP contribution in [-0.4, -0.2) is 41.2 Å². The number of halogens is 6. The number of thioether (sulfide) groups is 1. The van der Waals surface area contributed by atoms with Crippen molar-refractivity contribution in [2.45, 2.75) is 41.9 Å². The van der Waals surface area contributed by atoms with E-state index in [0.717, 1.165) is 35.6 Å². The largest absolute Gasteiger partial charge is 0.490 e. The maximum atomic E-state index is 14.1. The molecule has 0 spiro atoms. The number of anilines is 2. The number of aromatic nitrogens is 1. The Balaban J connectivity index is 1.10. The molecule has 282 valence electrons. The summed E-state index contributed by atoms with van der Waals surface area (Å²) in [6.45, 7) is 1.26. The van der Waals surface area contributed by atoms with Crippen LogP contribution in [0.1, 0.15) is 40.8 Å². The van der Waals surface area contributed by atoms with Crippen molar-refractivity contribution < 1.29 is 50.2 Å². The van der Waals surface area contributed by atoms with Gasteiger partial charge in [-0.15, -0.1) is 11.8 Å². The first-order valence-corrected chi connectivity index (χ1v) is 18.7. The highest BCUT2D eigenvalue weighted by Crippen LogP contribution is 2.69. The first-order valence-electron chi connectivity index (χ1n) is 17.0. The van der Waals surface area contributed by atoms with Crippen LogP contribution < -0.4 is 24.6 Å². The molecule has 3 aromatic carbocycles. The zero-order chi connectivity index (χ0) is 38.3. The Morgan fingerprint density at radius 2 is 1.54 bits per heavy atom. The molecule has 4 aliphatic rings. The first kappa shape index (κ1) is 36.2. The van der Waals surface area contributed by atoms with Gasteiger partial charge in [-0.25, -0.2) is 4.90 Å². The number of rotatable bonds is 8. The number of carbonyl (C=O) groups is 3. The summed E-state index contributed by atoms with van der Waals surface area (Å²) in [6.07, 6.45) is -8.98. The topological polar surface area (TPSA) is 118 Å². The molecule has 2 aliphatic carbocycles. The van der Waals surface area contributed by atoms with Gasteiger partial charge in [0.15, 0.2) is 18.1 Å². The molecule has 7 atom stereocenters. The Hall–Kier alpha value is -4.77. The standard InChI is InChI=1S/C37H29F6N3O6S2/c1-2-51-24-13-16(11-12-23(24)52-15-25(47)44-21-9-5-3-7-19(21)36(38,39)40)26-27-17-14-18(30(27)53-32-31(26)54-35(50)45-32)29-28(17)33(48)46(34(29)49)22-10-6-4-8-20(22)37(41,42)43/h3-13,17-18,26-30H,2,14-15H2,1H3,(H,44,47)(H,45,50)/t17-,18-,26+,27-,28+,29+,30-/m1/s1. The number of hydrogen-bond donors (Lipinski definition) is 2. The summed E-state index contributed by atoms with van der Waals surface area (Å²) >= 11 is 2.44. The minimum absolute atomic E-state index is 0.132. The monoisotopic (exact) mass is 789 g/mol. The Bertz CT molecular complexity index is 2240. The summed E-state index contributed by atoms with van der Waals surface area (Å²) in [5.41, 5.74) is -2.31. The number of ether oxygens (including phenoxy) is 2. The van der Waals surface area contributed by atoms with Gasteiger partial charge in [0, 0.05) is 16.0 Å². The summed E-state index contributed by atoms with van der Waals surface area (Å²) in [7, 11) is 0. The number of carbonyl (C=O) groups excluding carboxylic acids is 3. The van der Waals surface area contributed by atoms with Crippen molar-refractivity contribution in [2.75, 3.05) is 23.4 Å². The Morgan fingerprint density at radius 1 is 0.870 bits per heavy atom. The number of nitrogens with one attached hydrogen (secondary N) is 2. The van der Waals surface area contributed by atoms with E-state index in [0.29, 0.717) is 26.8 Å². The van der Waals surface area contributed by atoms with Crippen LogP contribution in [0, 0.1) is 29.6 Å². The average molecular weight is 790 g/mol. The van der Waals surface area contributed by atoms with E-state index in [1.54, 1.807) is 25.1 Å². The molecule has 0 unspecified atom stereocenters. The molecular formula is C37H29F6N3O6S2. The lowest BCUT2D eigenvalue weighted by Crippen LogP contribution is -2.42. The zero-order valence-corrected chi connectivity index (χ0v) is 29.6. The zero-order valence-electron chi connectivity index (χ0n) is 28.0. The second-order valence-corrected chi connectivity index (χ2v) is 15.7. The number of hydrogen-bond acceptors (Lipinski definition) is 8. The molecule has 2 saturated carbocycles. The van der Waals surface area contributed by atoms with Crippen LogP contribution in [0.15, 0.2) is 76.6 Å². The molecule has 0 radical (unpaired) electrons. The molecule has 9 nitrogen and oxygen atoms in total. The number of aromatic amines is 1. The van der Waals surface area contributed by atoms with E-state index in [1.807, 2.05) is 0 Å². The second kappa shape index (κ2) is 13.2. The highest BCUT2D eigenvalue weighted by molar-refractivity contribution is 8.00. The van der Waals surface area contributed by atoms with Crippen molar-refractivity contribution in [1.29, 1.82) is 0 Å². The third-order valence-corrected chi connectivity index (χ3v) is 13.3. The molecule has 2 N–H and O–H groups in total. The van der Waals surface area contributed by atoms with Crippen molar-refractivity contribution in [3.05, 3.63) is 98.0 Å². The molecule has 8 rings (SSSR count). The van der Waals surface area contributed by atoms with Gasteiger partial charge in [-0.3, -0.25) is 19.2 Å². The van der Waals surface area contributed by atoms with Crippen LogP contribution in [-0.2, 0) is 26.7 Å². The molecule has 54 heavy (non-hydrogen) atoms. The number of fused-ring (bicyclic) bond motifs is 9. The molecule has 4 aromatic rings. The van der Waals surface area contributed by atoms with E-state index >= 15 is 0 Å². The normalized spacial score (nSPS) is 25.7. The van der Waals surface area contributed by atoms with E-state index in [-0.39, 0.29) is 46.0 Å². The van der Waals surface area contributed by atoms with Gasteiger partial charge in [0.1, 0.15) is 0 Å². The number of thiazole rings is 1. The van der Waals surface area contributed by atoms with Crippen molar-refractivity contribution in [2.24, 2.45) is 29.6 Å². The fourth-order valence-corrected chi connectivity index (χ4v) is 11.7. The van der Waals surface area contributed by atoms with Gasteiger partial charge in [0.2, 0.25) is 11.8 Å². The van der Waals surface area contributed by atoms with Crippen molar-refractivity contribution in [3.8, 4) is 11.5 Å². The summed E-state index contributed by atoms with van der Waals surface area (Å²) in [5, 5.41) is 2.60. The molecule has 1 saturated heterocycles. The maximum absolute atomic E-state index is 14.1. The number of para-hydroxylation sites is 2.